The molecule has 0 saturated carbocycles. The number of hydrogen-bond donors (Lipinski definition) is 1. The molecule has 0 bridgehead atoms. The second-order valence-electron chi connectivity index (χ2n) is 4.00. The van der Waals surface area contributed by atoms with Crippen molar-refractivity contribution >= 4 is 11.8 Å². The summed E-state index contributed by atoms with van der Waals surface area (Å²) >= 11 is 0. The van der Waals surface area contributed by atoms with Gasteiger partial charge in [-0.05, 0) is 24.3 Å². The summed E-state index contributed by atoms with van der Waals surface area (Å²) in [6.45, 7) is 0.753. The zero-order valence-electron chi connectivity index (χ0n) is 9.64. The van der Waals surface area contributed by atoms with Crippen LogP contribution in [0, 0.1) is 5.82 Å². The summed E-state index contributed by atoms with van der Waals surface area (Å²) in [5.41, 5.74) is 5.55. The summed E-state index contributed by atoms with van der Waals surface area (Å²) < 4.78 is 17.9. The molecule has 18 heavy (non-hydrogen) atoms. The Hall–Kier alpha value is -1.95. The lowest BCUT2D eigenvalue weighted by Gasteiger charge is -2.33. The van der Waals surface area contributed by atoms with Crippen LogP contribution in [0.15, 0.2) is 24.3 Å². The maximum absolute atomic E-state index is 12.8. The number of halogens is 1. The monoisotopic (exact) mass is 252 g/mol. The molecule has 2 amide bonds. The Morgan fingerprint density at radius 1 is 1.33 bits per heavy atom. The van der Waals surface area contributed by atoms with Crippen molar-refractivity contribution in [2.45, 2.75) is 6.04 Å². The topological polar surface area (TPSA) is 72.6 Å². The standard InChI is InChI=1S/C12H13FN2O3/c13-9-3-1-8(2-4-9)12(17)15-5-6-18-7-10(15)11(14)16/h1-4,10H,5-7H2,(H2,14,16). The summed E-state index contributed by atoms with van der Waals surface area (Å²) in [6, 6.07) is 4.40. The molecule has 1 atom stereocenters. The van der Waals surface area contributed by atoms with Crippen LogP contribution in [0.1, 0.15) is 10.4 Å². The molecule has 1 unspecified atom stereocenters. The molecule has 6 heteroatoms. The van der Waals surface area contributed by atoms with Gasteiger partial charge in [0.05, 0.1) is 13.2 Å². The van der Waals surface area contributed by atoms with E-state index in [1.54, 1.807) is 0 Å². The second kappa shape index (κ2) is 5.14. The third-order valence-corrected chi connectivity index (χ3v) is 2.81. The zero-order chi connectivity index (χ0) is 13.1. The van der Waals surface area contributed by atoms with Crippen LogP contribution in [0.2, 0.25) is 0 Å². The molecule has 1 saturated heterocycles. The largest absolute Gasteiger partial charge is 0.377 e. The lowest BCUT2D eigenvalue weighted by Crippen LogP contribution is -2.54. The SMILES string of the molecule is NC(=O)C1COCCN1C(=O)c1ccc(F)cc1. The molecule has 1 aromatic carbocycles. The van der Waals surface area contributed by atoms with E-state index in [1.807, 2.05) is 0 Å². The van der Waals surface area contributed by atoms with Gasteiger partial charge in [-0.25, -0.2) is 4.39 Å². The van der Waals surface area contributed by atoms with Crippen LogP contribution >= 0.6 is 0 Å². The van der Waals surface area contributed by atoms with Crippen molar-refractivity contribution in [1.29, 1.82) is 0 Å². The van der Waals surface area contributed by atoms with Gasteiger partial charge in [-0.1, -0.05) is 0 Å². The van der Waals surface area contributed by atoms with E-state index >= 15 is 0 Å². The average molecular weight is 252 g/mol. The van der Waals surface area contributed by atoms with E-state index in [1.165, 1.54) is 29.2 Å². The number of ether oxygens (including phenoxy) is 1. The van der Waals surface area contributed by atoms with Crippen molar-refractivity contribution in [2.75, 3.05) is 19.8 Å². The highest BCUT2D eigenvalue weighted by atomic mass is 19.1. The zero-order valence-corrected chi connectivity index (χ0v) is 9.64. The Morgan fingerprint density at radius 2 is 2.00 bits per heavy atom. The van der Waals surface area contributed by atoms with E-state index in [2.05, 4.69) is 0 Å². The smallest absolute Gasteiger partial charge is 0.254 e. The number of nitrogens with zero attached hydrogens (tertiary/aromatic N) is 1. The Balaban J connectivity index is 2.20. The van der Waals surface area contributed by atoms with Crippen molar-refractivity contribution in [3.05, 3.63) is 35.6 Å². The summed E-state index contributed by atoms with van der Waals surface area (Å²) in [4.78, 5) is 24.8. The van der Waals surface area contributed by atoms with Gasteiger partial charge in [0.1, 0.15) is 11.9 Å². The summed E-state index contributed by atoms with van der Waals surface area (Å²) in [5.74, 6) is -1.37. The van der Waals surface area contributed by atoms with Crippen molar-refractivity contribution in [3.8, 4) is 0 Å². The number of morpholine rings is 1. The lowest BCUT2D eigenvalue weighted by atomic mass is 10.1. The Labute approximate surface area is 103 Å². The van der Waals surface area contributed by atoms with E-state index in [4.69, 9.17) is 10.5 Å². The van der Waals surface area contributed by atoms with Crippen LogP contribution in [0.25, 0.3) is 0 Å². The van der Waals surface area contributed by atoms with Crippen LogP contribution < -0.4 is 5.73 Å². The number of primary amides is 1. The first-order valence-electron chi connectivity index (χ1n) is 5.53. The van der Waals surface area contributed by atoms with Gasteiger partial charge < -0.3 is 15.4 Å². The van der Waals surface area contributed by atoms with Crippen molar-refractivity contribution in [2.24, 2.45) is 5.73 Å². The molecule has 0 aromatic heterocycles. The minimum absolute atomic E-state index is 0.0995. The quantitative estimate of drug-likeness (QED) is 0.814. The molecule has 5 nitrogen and oxygen atoms in total. The fraction of sp³-hybridized carbons (Fsp3) is 0.333. The van der Waals surface area contributed by atoms with Crippen molar-refractivity contribution in [3.63, 3.8) is 0 Å². The summed E-state index contributed by atoms with van der Waals surface area (Å²) in [7, 11) is 0. The molecule has 0 spiro atoms. The molecule has 96 valence electrons. The van der Waals surface area contributed by atoms with E-state index in [0.29, 0.717) is 18.7 Å². The number of carbonyl (C=O) groups is 2. The van der Waals surface area contributed by atoms with Gasteiger partial charge >= 0.3 is 0 Å². The molecular formula is C12H13FN2O3. The number of benzene rings is 1. The summed E-state index contributed by atoms with van der Waals surface area (Å²) in [5, 5.41) is 0. The molecule has 1 fully saturated rings. The van der Waals surface area contributed by atoms with E-state index < -0.39 is 17.8 Å². The fourth-order valence-electron chi connectivity index (χ4n) is 1.84. The maximum Gasteiger partial charge on any atom is 0.254 e. The Bertz CT molecular complexity index is 461. The minimum atomic E-state index is -0.767. The number of carbonyl (C=O) groups excluding carboxylic acids is 2. The van der Waals surface area contributed by atoms with Crippen LogP contribution in [-0.2, 0) is 9.53 Å². The maximum atomic E-state index is 12.8. The molecule has 1 heterocycles. The summed E-state index contributed by atoms with van der Waals surface area (Å²) in [6.07, 6.45) is 0. The van der Waals surface area contributed by atoms with Gasteiger partial charge in [-0.2, -0.15) is 0 Å². The highest BCUT2D eigenvalue weighted by Gasteiger charge is 2.31. The first kappa shape index (κ1) is 12.5. The first-order chi connectivity index (χ1) is 8.59. The predicted molar refractivity (Wildman–Crippen MR) is 61.2 cm³/mol. The van der Waals surface area contributed by atoms with Gasteiger partial charge in [-0.15, -0.1) is 0 Å². The molecule has 1 aliphatic heterocycles. The van der Waals surface area contributed by atoms with Gasteiger partial charge in [0.25, 0.3) is 5.91 Å². The third-order valence-electron chi connectivity index (χ3n) is 2.81. The molecule has 0 aliphatic carbocycles. The highest BCUT2D eigenvalue weighted by molar-refractivity contribution is 5.97. The van der Waals surface area contributed by atoms with Gasteiger partial charge in [0.2, 0.25) is 5.91 Å². The Morgan fingerprint density at radius 3 is 2.61 bits per heavy atom. The number of rotatable bonds is 2. The first-order valence-corrected chi connectivity index (χ1v) is 5.53. The number of hydrogen-bond acceptors (Lipinski definition) is 3. The van der Waals surface area contributed by atoms with E-state index in [9.17, 15) is 14.0 Å². The molecule has 0 radical (unpaired) electrons. The minimum Gasteiger partial charge on any atom is -0.377 e. The van der Waals surface area contributed by atoms with Crippen molar-refractivity contribution in [1.82, 2.24) is 4.90 Å². The normalized spacial score (nSPS) is 19.6. The molecular weight excluding hydrogens is 239 g/mol. The van der Waals surface area contributed by atoms with Crippen LogP contribution in [-0.4, -0.2) is 42.5 Å². The number of amides is 2. The lowest BCUT2D eigenvalue weighted by molar-refractivity contribution is -0.127. The molecule has 2 N–H and O–H groups in total. The van der Waals surface area contributed by atoms with Crippen LogP contribution in [0.3, 0.4) is 0 Å². The van der Waals surface area contributed by atoms with E-state index in [0.717, 1.165) is 0 Å². The van der Waals surface area contributed by atoms with Crippen LogP contribution in [0.5, 0.6) is 0 Å². The second-order valence-corrected chi connectivity index (χ2v) is 4.00. The molecule has 1 aromatic rings. The van der Waals surface area contributed by atoms with Gasteiger partial charge in [-0.3, -0.25) is 9.59 Å². The molecule has 1 aliphatic rings. The van der Waals surface area contributed by atoms with Crippen molar-refractivity contribution < 1.29 is 18.7 Å². The number of nitrogens with two attached hydrogens (primary N) is 1. The highest BCUT2D eigenvalue weighted by Crippen LogP contribution is 2.13. The third kappa shape index (κ3) is 2.48. The predicted octanol–water partition coefficient (Wildman–Crippen LogP) is 0.152. The Kier molecular flexibility index (Phi) is 3.57. The van der Waals surface area contributed by atoms with E-state index in [-0.39, 0.29) is 12.5 Å². The average Bonchev–Trinajstić information content (AvgIpc) is 2.39. The van der Waals surface area contributed by atoms with Gasteiger partial charge in [0.15, 0.2) is 0 Å². The fourth-order valence-corrected chi connectivity index (χ4v) is 1.84. The molecule has 2 rings (SSSR count). The van der Waals surface area contributed by atoms with Gasteiger partial charge in [0, 0.05) is 12.1 Å². The van der Waals surface area contributed by atoms with Crippen LogP contribution in [0.4, 0.5) is 4.39 Å².